The topological polar surface area (TPSA) is 64.2 Å². The minimum Gasteiger partial charge on any atom is -0.351 e. The molecule has 1 aliphatic rings. The van der Waals surface area contributed by atoms with Crippen LogP contribution in [-0.4, -0.2) is 15.8 Å². The summed E-state index contributed by atoms with van der Waals surface area (Å²) in [6.45, 7) is 8.51. The van der Waals surface area contributed by atoms with Crippen molar-refractivity contribution in [1.29, 1.82) is 0 Å². The third-order valence-electron chi connectivity index (χ3n) is 3.17. The molecule has 0 bridgehead atoms. The second-order valence-corrected chi connectivity index (χ2v) is 4.23. The van der Waals surface area contributed by atoms with E-state index in [0.29, 0.717) is 0 Å². The summed E-state index contributed by atoms with van der Waals surface area (Å²) in [6, 6.07) is -0.458. The maximum absolute atomic E-state index is 11.5. The van der Waals surface area contributed by atoms with Crippen LogP contribution in [0, 0.1) is 13.8 Å². The zero-order valence-corrected chi connectivity index (χ0v) is 10.0. The maximum atomic E-state index is 11.5. The number of aromatic nitrogens is 2. The number of carbonyl (C=O) groups excluding carboxylic acids is 1. The van der Waals surface area contributed by atoms with E-state index in [-0.39, 0.29) is 0 Å². The lowest BCUT2D eigenvalue weighted by molar-refractivity contribution is 0.254. The highest BCUT2D eigenvalue weighted by Gasteiger charge is 2.28. The number of anilines is 1. The summed E-state index contributed by atoms with van der Waals surface area (Å²) >= 11 is 0. The van der Waals surface area contributed by atoms with Crippen molar-refractivity contribution in [3.05, 3.63) is 22.5 Å². The molecule has 0 saturated heterocycles. The Morgan fingerprint density at radius 1 is 1.31 bits per heavy atom. The number of carbonyl (C=O) groups is 1. The van der Waals surface area contributed by atoms with E-state index >= 15 is 0 Å². The summed E-state index contributed by atoms with van der Waals surface area (Å²) < 4.78 is 1.83. The monoisotopic (exact) mass is 220 g/mol. The molecule has 0 radical (unpaired) electrons. The number of urea groups is 1. The Morgan fingerprint density at radius 2 is 1.94 bits per heavy atom. The molecule has 1 aliphatic heterocycles. The molecule has 5 nitrogen and oxygen atoms in total. The predicted octanol–water partition coefficient (Wildman–Crippen LogP) is 1.69. The third-order valence-corrected chi connectivity index (χ3v) is 3.17. The number of hydrogen-bond donors (Lipinski definition) is 1. The molecule has 0 fully saturated rings. The van der Waals surface area contributed by atoms with Crippen LogP contribution >= 0.6 is 0 Å². The maximum Gasteiger partial charge on any atom is 0.324 e. The number of hydrogen-bond acceptors (Lipinski definition) is 2. The molecule has 2 amide bonds. The Bertz CT molecular complexity index is 498. The van der Waals surface area contributed by atoms with E-state index in [4.69, 9.17) is 5.73 Å². The number of amides is 2. The largest absolute Gasteiger partial charge is 0.351 e. The van der Waals surface area contributed by atoms with Crippen molar-refractivity contribution < 1.29 is 4.79 Å². The molecule has 0 atom stereocenters. The van der Waals surface area contributed by atoms with Gasteiger partial charge in [0, 0.05) is 11.3 Å². The molecule has 0 saturated carbocycles. The average Bonchev–Trinajstić information content (AvgIpc) is 2.45. The Labute approximate surface area is 94.5 Å². The normalized spacial score (nSPS) is 15.4. The van der Waals surface area contributed by atoms with Gasteiger partial charge >= 0.3 is 6.03 Å². The van der Waals surface area contributed by atoms with Gasteiger partial charge in [0.25, 0.3) is 0 Å². The van der Waals surface area contributed by atoms with Crippen molar-refractivity contribution in [1.82, 2.24) is 9.78 Å². The van der Waals surface area contributed by atoms with Gasteiger partial charge in [-0.2, -0.15) is 5.10 Å². The first-order valence-corrected chi connectivity index (χ1v) is 5.23. The van der Waals surface area contributed by atoms with Gasteiger partial charge in [-0.05, 0) is 33.3 Å². The minimum absolute atomic E-state index is 0.458. The fraction of sp³-hybridized carbons (Fsp3) is 0.455. The van der Waals surface area contributed by atoms with Crippen molar-refractivity contribution in [2.45, 2.75) is 34.2 Å². The summed E-state index contributed by atoms with van der Waals surface area (Å²) in [5.74, 6) is 0.799. The number of allylic oxidation sites excluding steroid dienone is 2. The van der Waals surface area contributed by atoms with Gasteiger partial charge in [-0.3, -0.25) is 4.90 Å². The molecule has 1 aromatic heterocycles. The number of nitrogens with zero attached hydrogens (tertiary/aromatic N) is 3. The lowest BCUT2D eigenvalue weighted by atomic mass is 10.1. The summed E-state index contributed by atoms with van der Waals surface area (Å²) in [5.41, 5.74) is 9.37. The highest BCUT2D eigenvalue weighted by molar-refractivity contribution is 5.94. The minimum atomic E-state index is -0.458. The first-order valence-electron chi connectivity index (χ1n) is 5.23. The van der Waals surface area contributed by atoms with Crippen LogP contribution in [0.15, 0.2) is 11.3 Å². The summed E-state index contributed by atoms with van der Waals surface area (Å²) in [5, 5.41) is 4.40. The van der Waals surface area contributed by atoms with Gasteiger partial charge in [0.1, 0.15) is 5.82 Å². The van der Waals surface area contributed by atoms with Crippen LogP contribution in [0.5, 0.6) is 0 Å². The van der Waals surface area contributed by atoms with Gasteiger partial charge in [0.05, 0.1) is 12.2 Å². The first-order chi connectivity index (χ1) is 7.43. The summed E-state index contributed by atoms with van der Waals surface area (Å²) in [4.78, 5) is 13.0. The third kappa shape index (κ3) is 1.31. The van der Waals surface area contributed by atoms with Gasteiger partial charge in [-0.15, -0.1) is 0 Å². The van der Waals surface area contributed by atoms with E-state index in [1.807, 2.05) is 32.4 Å². The molecule has 0 aromatic carbocycles. The van der Waals surface area contributed by atoms with E-state index in [1.165, 1.54) is 4.90 Å². The van der Waals surface area contributed by atoms with E-state index in [0.717, 1.165) is 34.9 Å². The Balaban J connectivity index is 2.65. The van der Waals surface area contributed by atoms with Crippen LogP contribution in [0.3, 0.4) is 0 Å². The van der Waals surface area contributed by atoms with Crippen molar-refractivity contribution in [2.75, 3.05) is 4.90 Å². The van der Waals surface area contributed by atoms with E-state index in [1.54, 1.807) is 0 Å². The number of fused-ring (bicyclic) bond motifs is 1. The van der Waals surface area contributed by atoms with Gasteiger partial charge in [-0.25, -0.2) is 9.48 Å². The average molecular weight is 220 g/mol. The molecule has 2 rings (SSSR count). The fourth-order valence-electron chi connectivity index (χ4n) is 2.01. The van der Waals surface area contributed by atoms with Crippen LogP contribution in [-0.2, 0) is 6.54 Å². The summed E-state index contributed by atoms with van der Waals surface area (Å²) in [6.07, 6.45) is 0. The number of nitrogens with two attached hydrogens (primary N) is 1. The SMILES string of the molecule is CC1=C(C)N(C(N)=O)c2c(C)c(C)nn2C1. The Morgan fingerprint density at radius 3 is 2.50 bits per heavy atom. The van der Waals surface area contributed by atoms with Crippen molar-refractivity contribution in [3.63, 3.8) is 0 Å². The highest BCUT2D eigenvalue weighted by Crippen LogP contribution is 2.31. The number of aryl methyl sites for hydroxylation is 1. The molecule has 0 unspecified atom stereocenters. The molecular weight excluding hydrogens is 204 g/mol. The van der Waals surface area contributed by atoms with E-state index in [2.05, 4.69) is 5.10 Å². The molecule has 86 valence electrons. The van der Waals surface area contributed by atoms with Gasteiger partial charge in [0.2, 0.25) is 0 Å². The molecule has 1 aromatic rings. The van der Waals surface area contributed by atoms with E-state index < -0.39 is 6.03 Å². The standard InChI is InChI=1S/C11H16N4O/c1-6-5-14-10(7(2)8(3)13-14)15(9(6)4)11(12)16/h5H2,1-4H3,(H2,12,16). The second-order valence-electron chi connectivity index (χ2n) is 4.23. The zero-order valence-electron chi connectivity index (χ0n) is 10.0. The highest BCUT2D eigenvalue weighted by atomic mass is 16.2. The predicted molar refractivity (Wildman–Crippen MR) is 62.1 cm³/mol. The smallest absolute Gasteiger partial charge is 0.324 e. The number of primary amides is 1. The molecule has 0 spiro atoms. The van der Waals surface area contributed by atoms with Crippen molar-refractivity contribution in [2.24, 2.45) is 5.73 Å². The Kier molecular flexibility index (Phi) is 2.26. The van der Waals surface area contributed by atoms with Crippen LogP contribution in [0.1, 0.15) is 25.1 Å². The quantitative estimate of drug-likeness (QED) is 0.723. The van der Waals surface area contributed by atoms with Crippen LogP contribution < -0.4 is 10.6 Å². The fourth-order valence-corrected chi connectivity index (χ4v) is 2.01. The van der Waals surface area contributed by atoms with E-state index in [9.17, 15) is 4.79 Å². The van der Waals surface area contributed by atoms with Crippen LogP contribution in [0.2, 0.25) is 0 Å². The number of rotatable bonds is 0. The van der Waals surface area contributed by atoms with Crippen molar-refractivity contribution in [3.8, 4) is 0 Å². The van der Waals surface area contributed by atoms with Gasteiger partial charge < -0.3 is 5.73 Å². The lowest BCUT2D eigenvalue weighted by Crippen LogP contribution is -2.39. The Hall–Kier alpha value is -1.78. The lowest BCUT2D eigenvalue weighted by Gasteiger charge is -2.29. The molecule has 2 heterocycles. The molecule has 5 heteroatoms. The first kappa shape index (κ1) is 10.7. The summed E-state index contributed by atoms with van der Waals surface area (Å²) in [7, 11) is 0. The zero-order chi connectivity index (χ0) is 12.0. The van der Waals surface area contributed by atoms with Gasteiger partial charge in [0.15, 0.2) is 0 Å². The second kappa shape index (κ2) is 3.37. The molecule has 0 aliphatic carbocycles. The molecule has 2 N–H and O–H groups in total. The molecule has 16 heavy (non-hydrogen) atoms. The van der Waals surface area contributed by atoms with Crippen molar-refractivity contribution >= 4 is 11.8 Å². The molecular formula is C11H16N4O. The van der Waals surface area contributed by atoms with Gasteiger partial charge in [-0.1, -0.05) is 0 Å². The van der Waals surface area contributed by atoms with Crippen LogP contribution in [0.4, 0.5) is 10.6 Å². The van der Waals surface area contributed by atoms with Crippen LogP contribution in [0.25, 0.3) is 0 Å².